The van der Waals surface area contributed by atoms with Crippen LogP contribution in [-0.4, -0.2) is 32.9 Å². The number of anilines is 2. The Balaban J connectivity index is 1.64. The Morgan fingerprint density at radius 1 is 0.909 bits per heavy atom. The number of hydrogen-bond acceptors (Lipinski definition) is 6. The van der Waals surface area contributed by atoms with E-state index in [1.54, 1.807) is 25.5 Å². The van der Waals surface area contributed by atoms with Crippen molar-refractivity contribution in [2.24, 2.45) is 0 Å². The smallest absolute Gasteiger partial charge is 0.373 e. The maximum atomic E-state index is 13.2. The summed E-state index contributed by atoms with van der Waals surface area (Å²) in [6, 6.07) is 6.16. The van der Waals surface area contributed by atoms with Crippen LogP contribution in [0, 0.1) is 13.8 Å². The molecule has 10 heteroatoms. The van der Waals surface area contributed by atoms with Crippen molar-refractivity contribution < 1.29 is 18.0 Å². The molecule has 33 heavy (non-hydrogen) atoms. The molecule has 0 atom stereocenters. The minimum atomic E-state index is -4.58. The summed E-state index contributed by atoms with van der Waals surface area (Å²) >= 11 is 0. The van der Waals surface area contributed by atoms with Crippen molar-refractivity contribution >= 4 is 28.3 Å². The number of halogens is 3. The van der Waals surface area contributed by atoms with Crippen molar-refractivity contribution in [3.05, 3.63) is 71.6 Å². The second kappa shape index (κ2) is 8.45. The average molecular weight is 452 g/mol. The van der Waals surface area contributed by atoms with Gasteiger partial charge in [-0.3, -0.25) is 19.7 Å². The molecule has 0 saturated carbocycles. The Bertz CT molecular complexity index is 1370. The van der Waals surface area contributed by atoms with E-state index in [1.165, 1.54) is 13.1 Å². The summed E-state index contributed by atoms with van der Waals surface area (Å²) < 4.78 is 39.5. The number of alkyl halides is 3. The zero-order chi connectivity index (χ0) is 23.8. The number of amides is 1. The first-order valence-electron chi connectivity index (χ1n) is 9.91. The number of pyridine rings is 4. The molecule has 1 amide bonds. The van der Waals surface area contributed by atoms with Gasteiger partial charge in [-0.05, 0) is 37.6 Å². The first-order chi connectivity index (χ1) is 15.7. The summed E-state index contributed by atoms with van der Waals surface area (Å²) in [6.07, 6.45) is 1.28. The van der Waals surface area contributed by atoms with Crippen LogP contribution in [0.2, 0.25) is 0 Å². The molecule has 0 saturated heterocycles. The maximum absolute atomic E-state index is 13.2. The van der Waals surface area contributed by atoms with Gasteiger partial charge in [-0.25, -0.2) is 4.98 Å². The second-order valence-electron chi connectivity index (χ2n) is 7.43. The first kappa shape index (κ1) is 22.1. The van der Waals surface area contributed by atoms with Crippen LogP contribution in [0.5, 0.6) is 0 Å². The molecule has 0 aliphatic carbocycles. The van der Waals surface area contributed by atoms with Crippen molar-refractivity contribution in [2.75, 3.05) is 17.7 Å². The molecule has 0 aliphatic rings. The van der Waals surface area contributed by atoms with Crippen LogP contribution in [0.25, 0.3) is 22.0 Å². The summed E-state index contributed by atoms with van der Waals surface area (Å²) in [4.78, 5) is 29.5. The number of nitrogens with zero attached hydrogens (tertiary/aromatic N) is 4. The molecule has 4 rings (SSSR count). The number of aromatic nitrogens is 4. The Labute approximate surface area is 187 Å². The lowest BCUT2D eigenvalue weighted by molar-refractivity contribution is -0.138. The molecule has 4 aromatic heterocycles. The Kier molecular flexibility index (Phi) is 5.67. The second-order valence-corrected chi connectivity index (χ2v) is 7.43. The van der Waals surface area contributed by atoms with Gasteiger partial charge in [0.05, 0.1) is 23.0 Å². The van der Waals surface area contributed by atoms with Gasteiger partial charge in [0.1, 0.15) is 11.5 Å². The fourth-order valence-electron chi connectivity index (χ4n) is 3.35. The molecule has 4 heterocycles. The molecule has 2 N–H and O–H groups in total. The van der Waals surface area contributed by atoms with E-state index in [1.807, 2.05) is 19.1 Å². The first-order valence-corrected chi connectivity index (χ1v) is 9.91. The molecule has 0 aromatic carbocycles. The van der Waals surface area contributed by atoms with E-state index in [0.717, 1.165) is 28.7 Å². The zero-order valence-corrected chi connectivity index (χ0v) is 17.9. The third-order valence-corrected chi connectivity index (χ3v) is 5.12. The topological polar surface area (TPSA) is 92.7 Å². The Morgan fingerprint density at radius 2 is 1.70 bits per heavy atom. The standard InChI is InChI=1S/C23H19F3N6O/c1-12-8-29-20(6-18(12)23(24,25)26)22(33)32-16-5-17(13(2)28-11-16)14-4-15-10-31-21(27-3)7-19(15)30-9-14/h4-11H,1-3H3,(H,27,31)(H,32,33). The fourth-order valence-corrected chi connectivity index (χ4v) is 3.35. The number of carbonyl (C=O) groups is 1. The summed E-state index contributed by atoms with van der Waals surface area (Å²) in [5.41, 5.74) is 1.96. The van der Waals surface area contributed by atoms with E-state index in [9.17, 15) is 18.0 Å². The number of aryl methyl sites for hydroxylation is 2. The molecule has 0 radical (unpaired) electrons. The monoisotopic (exact) mass is 452 g/mol. The number of rotatable bonds is 4. The molecule has 0 bridgehead atoms. The fraction of sp³-hybridized carbons (Fsp3) is 0.174. The van der Waals surface area contributed by atoms with Gasteiger partial charge in [0, 0.05) is 53.9 Å². The predicted octanol–water partition coefficient (Wildman–Crippen LogP) is 5.02. The van der Waals surface area contributed by atoms with Gasteiger partial charge in [0.25, 0.3) is 5.91 Å². The van der Waals surface area contributed by atoms with E-state index in [-0.39, 0.29) is 11.3 Å². The van der Waals surface area contributed by atoms with Gasteiger partial charge < -0.3 is 10.6 Å². The molecule has 0 aliphatic heterocycles. The van der Waals surface area contributed by atoms with Gasteiger partial charge in [-0.1, -0.05) is 0 Å². The number of carbonyl (C=O) groups excluding carboxylic acids is 1. The third-order valence-electron chi connectivity index (χ3n) is 5.12. The van der Waals surface area contributed by atoms with Gasteiger partial charge in [0.15, 0.2) is 0 Å². The number of nitrogens with one attached hydrogen (secondary N) is 2. The van der Waals surface area contributed by atoms with Crippen molar-refractivity contribution in [1.29, 1.82) is 0 Å². The normalized spacial score (nSPS) is 11.5. The van der Waals surface area contributed by atoms with Crippen LogP contribution in [0.3, 0.4) is 0 Å². The molecule has 0 spiro atoms. The lowest BCUT2D eigenvalue weighted by Crippen LogP contribution is -2.17. The molecular weight excluding hydrogens is 433 g/mol. The van der Waals surface area contributed by atoms with Crippen LogP contribution in [-0.2, 0) is 6.18 Å². The highest BCUT2D eigenvalue weighted by Gasteiger charge is 2.33. The summed E-state index contributed by atoms with van der Waals surface area (Å²) in [7, 11) is 1.77. The Hall–Kier alpha value is -4.08. The highest BCUT2D eigenvalue weighted by atomic mass is 19.4. The quantitative estimate of drug-likeness (QED) is 0.452. The molecular formula is C23H19F3N6O. The third kappa shape index (κ3) is 4.59. The van der Waals surface area contributed by atoms with Gasteiger partial charge in [0.2, 0.25) is 0 Å². The molecule has 168 valence electrons. The van der Waals surface area contributed by atoms with E-state index >= 15 is 0 Å². The predicted molar refractivity (Wildman–Crippen MR) is 119 cm³/mol. The summed E-state index contributed by atoms with van der Waals surface area (Å²) in [5, 5.41) is 6.36. The van der Waals surface area contributed by atoms with Crippen LogP contribution in [0.15, 0.2) is 49.1 Å². The largest absolute Gasteiger partial charge is 0.416 e. The SMILES string of the molecule is CNc1cc2ncc(-c3cc(NC(=O)c4cc(C(F)(F)F)c(C)cn4)cnc3C)cc2cn1. The number of fused-ring (bicyclic) bond motifs is 1. The molecule has 0 fully saturated rings. The van der Waals surface area contributed by atoms with Gasteiger partial charge in [-0.15, -0.1) is 0 Å². The van der Waals surface area contributed by atoms with E-state index < -0.39 is 17.6 Å². The molecule has 0 unspecified atom stereocenters. The highest BCUT2D eigenvalue weighted by molar-refractivity contribution is 6.03. The summed E-state index contributed by atoms with van der Waals surface area (Å²) in [6.45, 7) is 3.10. The van der Waals surface area contributed by atoms with Crippen LogP contribution < -0.4 is 10.6 Å². The van der Waals surface area contributed by atoms with Crippen molar-refractivity contribution in [3.8, 4) is 11.1 Å². The molecule has 7 nitrogen and oxygen atoms in total. The lowest BCUT2D eigenvalue weighted by atomic mass is 10.0. The zero-order valence-electron chi connectivity index (χ0n) is 17.9. The van der Waals surface area contributed by atoms with Crippen molar-refractivity contribution in [3.63, 3.8) is 0 Å². The van der Waals surface area contributed by atoms with Crippen LogP contribution in [0.4, 0.5) is 24.7 Å². The Morgan fingerprint density at radius 3 is 2.42 bits per heavy atom. The van der Waals surface area contributed by atoms with E-state index in [2.05, 4.69) is 30.6 Å². The van der Waals surface area contributed by atoms with Crippen LogP contribution in [0.1, 0.15) is 27.3 Å². The minimum Gasteiger partial charge on any atom is -0.373 e. The van der Waals surface area contributed by atoms with E-state index in [0.29, 0.717) is 22.8 Å². The lowest BCUT2D eigenvalue weighted by Gasteiger charge is -2.12. The van der Waals surface area contributed by atoms with Crippen molar-refractivity contribution in [1.82, 2.24) is 19.9 Å². The number of hydrogen-bond donors (Lipinski definition) is 2. The van der Waals surface area contributed by atoms with Gasteiger partial charge >= 0.3 is 6.18 Å². The molecule has 4 aromatic rings. The highest BCUT2D eigenvalue weighted by Crippen LogP contribution is 2.32. The summed E-state index contributed by atoms with van der Waals surface area (Å²) in [5.74, 6) is -0.0683. The maximum Gasteiger partial charge on any atom is 0.416 e. The van der Waals surface area contributed by atoms with Crippen LogP contribution >= 0.6 is 0 Å². The van der Waals surface area contributed by atoms with E-state index in [4.69, 9.17) is 0 Å². The van der Waals surface area contributed by atoms with Crippen molar-refractivity contribution in [2.45, 2.75) is 20.0 Å². The minimum absolute atomic E-state index is 0.0570. The van der Waals surface area contributed by atoms with Gasteiger partial charge in [-0.2, -0.15) is 13.2 Å². The average Bonchev–Trinajstić information content (AvgIpc) is 2.79.